The van der Waals surface area contributed by atoms with Gasteiger partial charge in [0.1, 0.15) is 6.54 Å². The molecule has 0 spiro atoms. The van der Waals surface area contributed by atoms with Gasteiger partial charge in [-0.05, 0) is 31.9 Å². The van der Waals surface area contributed by atoms with E-state index < -0.39 is 18.6 Å². The van der Waals surface area contributed by atoms with Crippen LogP contribution in [0.2, 0.25) is 0 Å². The number of carbonyl (C=O) groups excluding carboxylic acids is 1. The number of halogens is 3. The van der Waals surface area contributed by atoms with Crippen LogP contribution in [0.3, 0.4) is 0 Å². The van der Waals surface area contributed by atoms with Gasteiger partial charge in [-0.15, -0.1) is 11.3 Å². The van der Waals surface area contributed by atoms with E-state index in [1.807, 2.05) is 20.8 Å². The van der Waals surface area contributed by atoms with Crippen LogP contribution in [0.5, 0.6) is 0 Å². The number of hydrogen-bond donors (Lipinski definition) is 0. The molecule has 0 aliphatic heterocycles. The maximum Gasteiger partial charge on any atom is 0.406 e. The molecule has 0 aliphatic carbocycles. The van der Waals surface area contributed by atoms with Crippen molar-refractivity contribution in [1.29, 1.82) is 0 Å². The summed E-state index contributed by atoms with van der Waals surface area (Å²) in [4.78, 5) is 14.4. The van der Waals surface area contributed by atoms with Gasteiger partial charge in [0.25, 0.3) is 5.91 Å². The third-order valence-corrected chi connectivity index (χ3v) is 3.96. The van der Waals surface area contributed by atoms with Crippen molar-refractivity contribution in [3.63, 3.8) is 0 Å². The van der Waals surface area contributed by atoms with Gasteiger partial charge in [-0.25, -0.2) is 0 Å². The molecular formula is C13H18F3NOS. The highest BCUT2D eigenvalue weighted by atomic mass is 32.1. The summed E-state index contributed by atoms with van der Waals surface area (Å²) in [5, 5.41) is 0. The SMILES string of the molecule is CCCCN(CC(F)(F)F)C(=O)c1cc(C)c(C)s1. The monoisotopic (exact) mass is 293 g/mol. The molecule has 2 nitrogen and oxygen atoms in total. The molecular weight excluding hydrogens is 275 g/mol. The van der Waals surface area contributed by atoms with Crippen molar-refractivity contribution in [2.75, 3.05) is 13.1 Å². The van der Waals surface area contributed by atoms with E-state index in [-0.39, 0.29) is 6.54 Å². The third kappa shape index (κ3) is 4.86. The fourth-order valence-corrected chi connectivity index (χ4v) is 2.65. The third-order valence-electron chi connectivity index (χ3n) is 2.82. The van der Waals surface area contributed by atoms with E-state index in [1.165, 1.54) is 11.3 Å². The predicted molar refractivity (Wildman–Crippen MR) is 70.7 cm³/mol. The molecule has 6 heteroatoms. The van der Waals surface area contributed by atoms with Crippen molar-refractivity contribution in [2.45, 2.75) is 39.8 Å². The van der Waals surface area contributed by atoms with Gasteiger partial charge >= 0.3 is 6.18 Å². The van der Waals surface area contributed by atoms with E-state index in [2.05, 4.69) is 0 Å². The van der Waals surface area contributed by atoms with E-state index in [0.29, 0.717) is 11.3 Å². The second-order valence-corrected chi connectivity index (χ2v) is 5.80. The minimum absolute atomic E-state index is 0.144. The lowest BCUT2D eigenvalue weighted by molar-refractivity contribution is -0.140. The Kier molecular flexibility index (Phi) is 5.40. The molecule has 0 aliphatic rings. The number of rotatable bonds is 5. The summed E-state index contributed by atoms with van der Waals surface area (Å²) in [6, 6.07) is 1.66. The molecule has 0 atom stereocenters. The summed E-state index contributed by atoms with van der Waals surface area (Å²) >= 11 is 1.25. The topological polar surface area (TPSA) is 20.3 Å². The van der Waals surface area contributed by atoms with E-state index >= 15 is 0 Å². The van der Waals surface area contributed by atoms with Crippen LogP contribution in [0.4, 0.5) is 13.2 Å². The molecule has 19 heavy (non-hydrogen) atoms. The Morgan fingerprint density at radius 3 is 2.42 bits per heavy atom. The van der Waals surface area contributed by atoms with E-state index in [0.717, 1.165) is 21.8 Å². The van der Waals surface area contributed by atoms with Crippen LogP contribution in [0, 0.1) is 13.8 Å². The number of nitrogens with zero attached hydrogens (tertiary/aromatic N) is 1. The van der Waals surface area contributed by atoms with E-state index in [9.17, 15) is 18.0 Å². The molecule has 0 fully saturated rings. The zero-order valence-electron chi connectivity index (χ0n) is 11.3. The highest BCUT2D eigenvalue weighted by Crippen LogP contribution is 2.24. The summed E-state index contributed by atoms with van der Waals surface area (Å²) in [5.41, 5.74) is 0.941. The van der Waals surface area contributed by atoms with Gasteiger partial charge in [0.2, 0.25) is 0 Å². The van der Waals surface area contributed by atoms with Gasteiger partial charge in [-0.2, -0.15) is 13.2 Å². The fraction of sp³-hybridized carbons (Fsp3) is 0.615. The van der Waals surface area contributed by atoms with Gasteiger partial charge in [0.05, 0.1) is 4.88 Å². The van der Waals surface area contributed by atoms with Crippen molar-refractivity contribution in [3.05, 3.63) is 21.4 Å². The lowest BCUT2D eigenvalue weighted by Crippen LogP contribution is -2.39. The molecule has 1 amide bonds. The Hall–Kier alpha value is -1.04. The van der Waals surface area contributed by atoms with Crippen molar-refractivity contribution < 1.29 is 18.0 Å². The average molecular weight is 293 g/mol. The Morgan fingerprint density at radius 2 is 2.00 bits per heavy atom. The van der Waals surface area contributed by atoms with Crippen LogP contribution >= 0.6 is 11.3 Å². The second-order valence-electron chi connectivity index (χ2n) is 4.55. The smallest absolute Gasteiger partial charge is 0.329 e. The molecule has 0 aromatic carbocycles. The zero-order valence-corrected chi connectivity index (χ0v) is 12.1. The first-order valence-electron chi connectivity index (χ1n) is 6.17. The minimum atomic E-state index is -4.36. The van der Waals surface area contributed by atoms with Crippen LogP contribution < -0.4 is 0 Å². The van der Waals surface area contributed by atoms with Crippen molar-refractivity contribution >= 4 is 17.2 Å². The Labute approximate surface area is 115 Å². The van der Waals surface area contributed by atoms with Crippen LogP contribution in [-0.4, -0.2) is 30.1 Å². The Balaban J connectivity index is 2.87. The van der Waals surface area contributed by atoms with Crippen LogP contribution in [0.25, 0.3) is 0 Å². The van der Waals surface area contributed by atoms with Crippen LogP contribution in [0.1, 0.15) is 39.9 Å². The van der Waals surface area contributed by atoms with Gasteiger partial charge in [-0.3, -0.25) is 4.79 Å². The molecule has 1 rings (SSSR count). The second kappa shape index (κ2) is 6.41. The predicted octanol–water partition coefficient (Wildman–Crippen LogP) is 4.17. The molecule has 0 radical (unpaired) electrons. The summed E-state index contributed by atoms with van der Waals surface area (Å²) < 4.78 is 37.5. The molecule has 0 saturated heterocycles. The summed E-state index contributed by atoms with van der Waals surface area (Å²) in [6.07, 6.45) is -3.03. The molecule has 0 saturated carbocycles. The molecule has 0 unspecified atom stereocenters. The zero-order chi connectivity index (χ0) is 14.6. The van der Waals surface area contributed by atoms with Gasteiger partial charge in [0.15, 0.2) is 0 Å². The number of hydrogen-bond acceptors (Lipinski definition) is 2. The normalized spacial score (nSPS) is 11.7. The quantitative estimate of drug-likeness (QED) is 0.798. The first kappa shape index (κ1) is 16.0. The maximum absolute atomic E-state index is 12.5. The van der Waals surface area contributed by atoms with E-state index in [1.54, 1.807) is 6.07 Å². The van der Waals surface area contributed by atoms with Crippen LogP contribution in [0.15, 0.2) is 6.07 Å². The lowest BCUT2D eigenvalue weighted by atomic mass is 10.2. The first-order valence-corrected chi connectivity index (χ1v) is 6.99. The van der Waals surface area contributed by atoms with E-state index in [4.69, 9.17) is 0 Å². The number of carbonyl (C=O) groups is 1. The van der Waals surface area contributed by atoms with Crippen molar-refractivity contribution in [3.8, 4) is 0 Å². The number of alkyl halides is 3. The fourth-order valence-electron chi connectivity index (χ4n) is 1.65. The van der Waals surface area contributed by atoms with Gasteiger partial charge < -0.3 is 4.90 Å². The van der Waals surface area contributed by atoms with Crippen molar-refractivity contribution in [1.82, 2.24) is 4.90 Å². The Morgan fingerprint density at radius 1 is 1.37 bits per heavy atom. The molecule has 108 valence electrons. The summed E-state index contributed by atoms with van der Waals surface area (Å²) in [6.45, 7) is 4.56. The molecule has 0 N–H and O–H groups in total. The summed E-state index contributed by atoms with van der Waals surface area (Å²) in [7, 11) is 0. The standard InChI is InChI=1S/C13H18F3NOS/c1-4-5-6-17(8-13(14,15)16)12(18)11-7-9(2)10(3)19-11/h7H,4-6,8H2,1-3H3. The van der Waals surface area contributed by atoms with Crippen LogP contribution in [-0.2, 0) is 0 Å². The maximum atomic E-state index is 12.5. The lowest BCUT2D eigenvalue weighted by Gasteiger charge is -2.23. The number of thiophene rings is 1. The van der Waals surface area contributed by atoms with Gasteiger partial charge in [-0.1, -0.05) is 13.3 Å². The number of unbranched alkanes of at least 4 members (excludes halogenated alkanes) is 1. The summed E-state index contributed by atoms with van der Waals surface area (Å²) in [5.74, 6) is -0.521. The molecule has 1 aromatic rings. The number of amides is 1. The molecule has 1 heterocycles. The van der Waals surface area contributed by atoms with Gasteiger partial charge in [0, 0.05) is 11.4 Å². The largest absolute Gasteiger partial charge is 0.406 e. The molecule has 0 bridgehead atoms. The average Bonchev–Trinajstić information content (AvgIpc) is 2.62. The molecule has 1 aromatic heterocycles. The number of aryl methyl sites for hydroxylation is 2. The van der Waals surface area contributed by atoms with Crippen molar-refractivity contribution in [2.24, 2.45) is 0 Å². The Bertz CT molecular complexity index is 420. The minimum Gasteiger partial charge on any atom is -0.329 e. The highest BCUT2D eigenvalue weighted by molar-refractivity contribution is 7.14. The highest BCUT2D eigenvalue weighted by Gasteiger charge is 2.33. The first-order chi connectivity index (χ1) is 8.74.